The van der Waals surface area contributed by atoms with E-state index >= 15 is 0 Å². The summed E-state index contributed by atoms with van der Waals surface area (Å²) in [6.45, 7) is 1.90. The van der Waals surface area contributed by atoms with E-state index in [0.717, 1.165) is 23.3 Å². The number of rotatable bonds is 4. The first-order valence-corrected chi connectivity index (χ1v) is 10.9. The first-order valence-electron chi connectivity index (χ1n) is 10.1. The Morgan fingerprint density at radius 1 is 0.879 bits per heavy atom. The third kappa shape index (κ3) is 4.00. The summed E-state index contributed by atoms with van der Waals surface area (Å²) in [6.07, 6.45) is -4.46. The van der Waals surface area contributed by atoms with Crippen LogP contribution in [-0.4, -0.2) is 19.8 Å². The maximum atomic E-state index is 14.8. The Bertz CT molecular complexity index is 1440. The van der Waals surface area contributed by atoms with Crippen LogP contribution in [0.1, 0.15) is 29.0 Å². The van der Waals surface area contributed by atoms with Crippen LogP contribution in [0.2, 0.25) is 0 Å². The van der Waals surface area contributed by atoms with Gasteiger partial charge in [-0.2, -0.15) is 22.8 Å². The Hall–Kier alpha value is -3.59. The molecule has 0 N–H and O–H groups in total. The summed E-state index contributed by atoms with van der Waals surface area (Å²) in [5, 5.41) is 13.3. The second kappa shape index (κ2) is 8.08. The lowest BCUT2D eigenvalue weighted by molar-refractivity contribution is -0.137. The highest BCUT2D eigenvalue weighted by molar-refractivity contribution is 7.16. The van der Waals surface area contributed by atoms with E-state index in [1.807, 2.05) is 43.3 Å². The Morgan fingerprint density at radius 3 is 2.36 bits per heavy atom. The average molecular weight is 468 g/mol. The van der Waals surface area contributed by atoms with Gasteiger partial charge in [-0.25, -0.2) is 4.39 Å². The van der Waals surface area contributed by atoms with Gasteiger partial charge >= 0.3 is 6.18 Å². The number of alkyl halides is 3. The normalized spacial score (nSPS) is 12.9. The Morgan fingerprint density at radius 2 is 1.64 bits per heavy atom. The largest absolute Gasteiger partial charge is 0.416 e. The van der Waals surface area contributed by atoms with Crippen LogP contribution in [0, 0.1) is 5.82 Å². The minimum Gasteiger partial charge on any atom is -0.206 e. The maximum absolute atomic E-state index is 14.8. The summed E-state index contributed by atoms with van der Waals surface area (Å²) >= 11 is 1.27. The Labute approximate surface area is 190 Å². The van der Waals surface area contributed by atoms with Crippen LogP contribution in [0.3, 0.4) is 0 Å². The van der Waals surface area contributed by atoms with Crippen molar-refractivity contribution in [3.05, 3.63) is 94.7 Å². The van der Waals surface area contributed by atoms with Crippen LogP contribution < -0.4 is 0 Å². The highest BCUT2D eigenvalue weighted by Gasteiger charge is 2.31. The molecule has 4 nitrogen and oxygen atoms in total. The van der Waals surface area contributed by atoms with Crippen molar-refractivity contribution in [1.29, 1.82) is 0 Å². The SMILES string of the molecule is C[C@H](c1ccc(-c2ccccc2)c(F)c1)c1nn2c(-c3cccc(C(F)(F)F)c3)nnc2s1. The smallest absolute Gasteiger partial charge is 0.206 e. The standard InChI is InChI=1S/C24H16F4N4S/c1-14(16-10-11-19(20(25)13-16)15-6-3-2-4-7-15)22-31-32-21(29-30-23(32)33-22)17-8-5-9-18(12-17)24(26,27)28/h2-14H,1H3/t14-/m1/s1. The van der Waals surface area contributed by atoms with Crippen molar-refractivity contribution in [3.63, 3.8) is 0 Å². The predicted octanol–water partition coefficient (Wildman–Crippen LogP) is 6.83. The van der Waals surface area contributed by atoms with Gasteiger partial charge in [-0.3, -0.25) is 0 Å². The summed E-state index contributed by atoms with van der Waals surface area (Å²) < 4.78 is 55.6. The third-order valence-corrected chi connectivity index (χ3v) is 6.48. The van der Waals surface area contributed by atoms with Crippen molar-refractivity contribution in [1.82, 2.24) is 19.8 Å². The van der Waals surface area contributed by atoms with E-state index in [0.29, 0.717) is 15.5 Å². The second-order valence-corrected chi connectivity index (χ2v) is 8.55. The average Bonchev–Trinajstić information content (AvgIpc) is 3.40. The molecule has 3 aromatic carbocycles. The number of aromatic nitrogens is 4. The summed E-state index contributed by atoms with van der Waals surface area (Å²) in [5.74, 6) is -0.361. The maximum Gasteiger partial charge on any atom is 0.416 e. The number of nitrogens with zero attached hydrogens (tertiary/aromatic N) is 4. The van der Waals surface area contributed by atoms with Gasteiger partial charge in [0.15, 0.2) is 5.82 Å². The second-order valence-electron chi connectivity index (χ2n) is 7.56. The molecule has 0 aliphatic carbocycles. The van der Waals surface area contributed by atoms with Crippen LogP contribution in [-0.2, 0) is 6.18 Å². The molecule has 9 heteroatoms. The zero-order chi connectivity index (χ0) is 23.2. The van der Waals surface area contributed by atoms with E-state index in [9.17, 15) is 17.6 Å². The van der Waals surface area contributed by atoms with Crippen LogP contribution in [0.15, 0.2) is 72.8 Å². The fraction of sp³-hybridized carbons (Fsp3) is 0.125. The minimum atomic E-state index is -4.46. The van der Waals surface area contributed by atoms with E-state index in [-0.39, 0.29) is 23.1 Å². The van der Waals surface area contributed by atoms with Gasteiger partial charge in [-0.05, 0) is 29.3 Å². The van der Waals surface area contributed by atoms with E-state index < -0.39 is 11.7 Å². The highest BCUT2D eigenvalue weighted by atomic mass is 32.1. The highest BCUT2D eigenvalue weighted by Crippen LogP contribution is 2.34. The van der Waals surface area contributed by atoms with Gasteiger partial charge < -0.3 is 0 Å². The molecule has 0 amide bonds. The molecule has 1 atom stereocenters. The first kappa shape index (κ1) is 21.3. The summed E-state index contributed by atoms with van der Waals surface area (Å²) in [5.41, 5.74) is 1.53. The van der Waals surface area contributed by atoms with Gasteiger partial charge in [-0.15, -0.1) is 10.2 Å². The molecule has 0 fully saturated rings. The zero-order valence-corrected chi connectivity index (χ0v) is 18.0. The number of halogens is 4. The lowest BCUT2D eigenvalue weighted by atomic mass is 9.97. The molecule has 5 aromatic rings. The van der Waals surface area contributed by atoms with Crippen LogP contribution in [0.4, 0.5) is 17.6 Å². The van der Waals surface area contributed by atoms with Crippen LogP contribution in [0.25, 0.3) is 27.5 Å². The molecule has 33 heavy (non-hydrogen) atoms. The van der Waals surface area contributed by atoms with Crippen molar-refractivity contribution in [2.24, 2.45) is 0 Å². The molecule has 2 heterocycles. The number of hydrogen-bond donors (Lipinski definition) is 0. The molecule has 166 valence electrons. The zero-order valence-electron chi connectivity index (χ0n) is 17.2. The van der Waals surface area contributed by atoms with E-state index in [1.54, 1.807) is 6.07 Å². The number of hydrogen-bond acceptors (Lipinski definition) is 4. The molecule has 0 saturated carbocycles. The molecular formula is C24H16F4N4S. The predicted molar refractivity (Wildman–Crippen MR) is 118 cm³/mol. The van der Waals surface area contributed by atoms with Crippen molar-refractivity contribution in [2.75, 3.05) is 0 Å². The fourth-order valence-electron chi connectivity index (χ4n) is 3.62. The Balaban J connectivity index is 1.48. The summed E-state index contributed by atoms with van der Waals surface area (Å²) in [6, 6.07) is 19.2. The van der Waals surface area contributed by atoms with Crippen molar-refractivity contribution >= 4 is 16.3 Å². The molecule has 0 aliphatic heterocycles. The molecule has 2 aromatic heterocycles. The monoisotopic (exact) mass is 468 g/mol. The molecule has 5 rings (SSSR count). The molecule has 0 bridgehead atoms. The third-order valence-electron chi connectivity index (χ3n) is 5.40. The van der Waals surface area contributed by atoms with Gasteiger partial charge in [-0.1, -0.05) is 72.9 Å². The van der Waals surface area contributed by atoms with Gasteiger partial charge in [0.05, 0.1) is 5.56 Å². The topological polar surface area (TPSA) is 43.1 Å². The number of benzene rings is 3. The fourth-order valence-corrected chi connectivity index (χ4v) is 4.53. The van der Waals surface area contributed by atoms with Crippen LogP contribution >= 0.6 is 11.3 Å². The summed E-state index contributed by atoms with van der Waals surface area (Å²) in [7, 11) is 0. The van der Waals surface area contributed by atoms with Gasteiger partial charge in [0.25, 0.3) is 0 Å². The lowest BCUT2D eigenvalue weighted by Gasteiger charge is -2.11. The van der Waals surface area contributed by atoms with E-state index in [2.05, 4.69) is 15.3 Å². The summed E-state index contributed by atoms with van der Waals surface area (Å²) in [4.78, 5) is 0.450. The van der Waals surface area contributed by atoms with Crippen molar-refractivity contribution < 1.29 is 17.6 Å². The van der Waals surface area contributed by atoms with E-state index in [4.69, 9.17) is 0 Å². The van der Waals surface area contributed by atoms with Gasteiger partial charge in [0.1, 0.15) is 10.8 Å². The van der Waals surface area contributed by atoms with E-state index in [1.165, 1.54) is 34.1 Å². The quantitative estimate of drug-likeness (QED) is 0.272. The minimum absolute atomic E-state index is 0.219. The lowest BCUT2D eigenvalue weighted by Crippen LogP contribution is -2.05. The molecule has 0 spiro atoms. The molecule has 0 unspecified atom stereocenters. The number of fused-ring (bicyclic) bond motifs is 1. The van der Waals surface area contributed by atoms with Crippen molar-refractivity contribution in [2.45, 2.75) is 19.0 Å². The van der Waals surface area contributed by atoms with Gasteiger partial charge in [0.2, 0.25) is 4.96 Å². The van der Waals surface area contributed by atoms with Crippen LogP contribution in [0.5, 0.6) is 0 Å². The molecule has 0 aliphatic rings. The Kier molecular flexibility index (Phi) is 5.20. The molecule has 0 radical (unpaired) electrons. The van der Waals surface area contributed by atoms with Crippen molar-refractivity contribution in [3.8, 4) is 22.5 Å². The first-order chi connectivity index (χ1) is 15.8. The van der Waals surface area contributed by atoms with Gasteiger partial charge in [0, 0.05) is 17.0 Å². The molecule has 0 saturated heterocycles. The molecular weight excluding hydrogens is 452 g/mol.